The minimum absolute atomic E-state index is 0.0141. The Balaban J connectivity index is 1.71. The number of rotatable bonds is 3. The predicted molar refractivity (Wildman–Crippen MR) is 68.7 cm³/mol. The van der Waals surface area contributed by atoms with Crippen LogP contribution in [0.2, 0.25) is 0 Å². The molecular weight excluding hydrogens is 248 g/mol. The average molecular weight is 264 g/mol. The first-order chi connectivity index (χ1) is 9.16. The van der Waals surface area contributed by atoms with E-state index in [4.69, 9.17) is 10.5 Å². The van der Waals surface area contributed by atoms with Gasteiger partial charge < -0.3 is 15.8 Å². The number of nitro groups is 1. The highest BCUT2D eigenvalue weighted by atomic mass is 16.6. The molecule has 1 aromatic rings. The number of nitrogens with two attached hydrogens (primary N) is 1. The molecule has 1 aromatic heterocycles. The number of ether oxygens (including phenoxy) is 1. The molecule has 3 N–H and O–H groups in total. The van der Waals surface area contributed by atoms with Crippen LogP contribution in [0.3, 0.4) is 0 Å². The van der Waals surface area contributed by atoms with E-state index in [1.54, 1.807) is 0 Å². The SMILES string of the molecule is NC1C2CCCOC2C1Nc1cc([N+](=O)[O-])ccn1. The van der Waals surface area contributed by atoms with Gasteiger partial charge in [0.25, 0.3) is 5.69 Å². The van der Waals surface area contributed by atoms with Gasteiger partial charge in [-0.3, -0.25) is 10.1 Å². The Morgan fingerprint density at radius 3 is 3.21 bits per heavy atom. The minimum Gasteiger partial charge on any atom is -0.376 e. The van der Waals surface area contributed by atoms with Crippen LogP contribution in [0.15, 0.2) is 18.3 Å². The first-order valence-electron chi connectivity index (χ1n) is 6.41. The lowest BCUT2D eigenvalue weighted by Gasteiger charge is -2.52. The fourth-order valence-corrected chi connectivity index (χ4v) is 2.91. The normalized spacial score (nSPS) is 33.1. The monoisotopic (exact) mass is 264 g/mol. The Bertz CT molecular complexity index is 496. The predicted octanol–water partition coefficient (Wildman–Crippen LogP) is 0.906. The summed E-state index contributed by atoms with van der Waals surface area (Å²) in [6.07, 6.45) is 3.66. The zero-order chi connectivity index (χ0) is 13.4. The van der Waals surface area contributed by atoms with Crippen molar-refractivity contribution in [2.45, 2.75) is 31.0 Å². The van der Waals surface area contributed by atoms with Gasteiger partial charge in [-0.15, -0.1) is 0 Å². The number of pyridine rings is 1. The van der Waals surface area contributed by atoms with Gasteiger partial charge in [-0.05, 0) is 12.8 Å². The molecule has 3 rings (SSSR count). The topological polar surface area (TPSA) is 103 Å². The Hall–Kier alpha value is -1.73. The lowest BCUT2D eigenvalue weighted by molar-refractivity contribution is -0.384. The number of aromatic nitrogens is 1. The zero-order valence-corrected chi connectivity index (χ0v) is 10.4. The van der Waals surface area contributed by atoms with Crippen molar-refractivity contribution in [3.63, 3.8) is 0 Å². The summed E-state index contributed by atoms with van der Waals surface area (Å²) in [6.45, 7) is 0.758. The first-order valence-corrected chi connectivity index (χ1v) is 6.41. The van der Waals surface area contributed by atoms with Gasteiger partial charge in [0.15, 0.2) is 0 Å². The standard InChI is InChI=1S/C12H16N4O3/c13-10-8-2-1-5-19-12(8)11(10)15-9-6-7(16(17)18)3-4-14-9/h3-4,6,8,10-12H,1-2,5,13H2,(H,14,15). The number of fused-ring (bicyclic) bond motifs is 1. The fourth-order valence-electron chi connectivity index (χ4n) is 2.91. The molecular formula is C12H16N4O3. The van der Waals surface area contributed by atoms with Crippen LogP contribution in [0, 0.1) is 16.0 Å². The average Bonchev–Trinajstić information content (AvgIpc) is 2.44. The number of hydrogen-bond donors (Lipinski definition) is 2. The molecule has 0 spiro atoms. The maximum atomic E-state index is 10.7. The van der Waals surface area contributed by atoms with Crippen molar-refractivity contribution in [3.8, 4) is 0 Å². The van der Waals surface area contributed by atoms with Crippen LogP contribution in [0.4, 0.5) is 11.5 Å². The third-order valence-corrected chi connectivity index (χ3v) is 3.95. The Labute approximate surface area is 110 Å². The van der Waals surface area contributed by atoms with E-state index in [2.05, 4.69) is 10.3 Å². The molecule has 1 aliphatic carbocycles. The third kappa shape index (κ3) is 2.15. The molecule has 102 valence electrons. The number of nitrogens with one attached hydrogen (secondary N) is 1. The van der Waals surface area contributed by atoms with Gasteiger partial charge in [-0.1, -0.05) is 0 Å². The summed E-state index contributed by atoms with van der Waals surface area (Å²) >= 11 is 0. The Kier molecular flexibility index (Phi) is 3.08. The molecule has 1 saturated heterocycles. The lowest BCUT2D eigenvalue weighted by atomic mass is 9.68. The van der Waals surface area contributed by atoms with E-state index in [0.717, 1.165) is 19.4 Å². The molecule has 7 nitrogen and oxygen atoms in total. The second-order valence-electron chi connectivity index (χ2n) is 5.05. The van der Waals surface area contributed by atoms with Crippen molar-refractivity contribution < 1.29 is 9.66 Å². The summed E-state index contributed by atoms with van der Waals surface area (Å²) in [5.41, 5.74) is 6.14. The summed E-state index contributed by atoms with van der Waals surface area (Å²) in [7, 11) is 0. The number of nitrogens with zero attached hydrogens (tertiary/aromatic N) is 2. The van der Waals surface area contributed by atoms with E-state index in [-0.39, 0.29) is 23.9 Å². The Morgan fingerprint density at radius 1 is 1.58 bits per heavy atom. The highest BCUT2D eigenvalue weighted by Crippen LogP contribution is 2.38. The summed E-state index contributed by atoms with van der Waals surface area (Å²) in [5, 5.41) is 13.9. The van der Waals surface area contributed by atoms with E-state index in [1.807, 2.05) is 0 Å². The molecule has 0 radical (unpaired) electrons. The highest BCUT2D eigenvalue weighted by molar-refractivity contribution is 5.46. The Morgan fingerprint density at radius 2 is 2.42 bits per heavy atom. The smallest absolute Gasteiger partial charge is 0.274 e. The van der Waals surface area contributed by atoms with Crippen LogP contribution in [0.25, 0.3) is 0 Å². The molecule has 2 aliphatic rings. The summed E-state index contributed by atoms with van der Waals surface area (Å²) in [5.74, 6) is 0.868. The highest BCUT2D eigenvalue weighted by Gasteiger charge is 2.50. The van der Waals surface area contributed by atoms with Crippen LogP contribution < -0.4 is 11.1 Å². The van der Waals surface area contributed by atoms with Crippen molar-refractivity contribution in [1.82, 2.24) is 4.98 Å². The molecule has 1 aliphatic heterocycles. The molecule has 2 fully saturated rings. The number of anilines is 1. The summed E-state index contributed by atoms with van der Waals surface area (Å²) in [4.78, 5) is 14.4. The van der Waals surface area contributed by atoms with E-state index in [1.165, 1.54) is 18.3 Å². The van der Waals surface area contributed by atoms with Crippen LogP contribution in [0.5, 0.6) is 0 Å². The molecule has 4 unspecified atom stereocenters. The quantitative estimate of drug-likeness (QED) is 0.621. The lowest BCUT2D eigenvalue weighted by Crippen LogP contribution is -2.69. The molecule has 19 heavy (non-hydrogen) atoms. The molecule has 0 aromatic carbocycles. The van der Waals surface area contributed by atoms with Gasteiger partial charge in [-0.2, -0.15) is 0 Å². The van der Waals surface area contributed by atoms with Gasteiger partial charge >= 0.3 is 0 Å². The summed E-state index contributed by atoms with van der Waals surface area (Å²) in [6, 6.07) is 2.79. The third-order valence-electron chi connectivity index (χ3n) is 3.95. The van der Waals surface area contributed by atoms with Gasteiger partial charge in [-0.25, -0.2) is 4.98 Å². The van der Waals surface area contributed by atoms with Crippen LogP contribution >= 0.6 is 0 Å². The molecule has 0 bridgehead atoms. The van der Waals surface area contributed by atoms with Crippen molar-refractivity contribution in [3.05, 3.63) is 28.4 Å². The van der Waals surface area contributed by atoms with Crippen molar-refractivity contribution in [2.75, 3.05) is 11.9 Å². The molecule has 4 atom stereocenters. The summed E-state index contributed by atoms with van der Waals surface area (Å²) < 4.78 is 5.71. The maximum absolute atomic E-state index is 10.7. The van der Waals surface area contributed by atoms with Crippen molar-refractivity contribution in [2.24, 2.45) is 11.7 Å². The molecule has 1 saturated carbocycles. The first kappa shape index (κ1) is 12.3. The molecule has 0 amide bonds. The largest absolute Gasteiger partial charge is 0.376 e. The fraction of sp³-hybridized carbons (Fsp3) is 0.583. The van der Waals surface area contributed by atoms with Crippen LogP contribution in [-0.2, 0) is 4.74 Å². The van der Waals surface area contributed by atoms with Gasteiger partial charge in [0.05, 0.1) is 23.1 Å². The van der Waals surface area contributed by atoms with Gasteiger partial charge in [0, 0.05) is 30.8 Å². The van der Waals surface area contributed by atoms with Gasteiger partial charge in [0.2, 0.25) is 0 Å². The van der Waals surface area contributed by atoms with E-state index in [9.17, 15) is 10.1 Å². The van der Waals surface area contributed by atoms with Crippen molar-refractivity contribution in [1.29, 1.82) is 0 Å². The van der Waals surface area contributed by atoms with E-state index in [0.29, 0.717) is 11.7 Å². The maximum Gasteiger partial charge on any atom is 0.274 e. The second kappa shape index (κ2) is 4.75. The van der Waals surface area contributed by atoms with Crippen LogP contribution in [-0.4, -0.2) is 34.7 Å². The molecule has 2 heterocycles. The van der Waals surface area contributed by atoms with E-state index >= 15 is 0 Å². The van der Waals surface area contributed by atoms with E-state index < -0.39 is 4.92 Å². The minimum atomic E-state index is -0.437. The number of hydrogen-bond acceptors (Lipinski definition) is 6. The zero-order valence-electron chi connectivity index (χ0n) is 10.4. The molecule has 7 heteroatoms. The van der Waals surface area contributed by atoms with Crippen molar-refractivity contribution >= 4 is 11.5 Å². The second-order valence-corrected chi connectivity index (χ2v) is 5.05. The van der Waals surface area contributed by atoms with Crippen LogP contribution in [0.1, 0.15) is 12.8 Å². The van der Waals surface area contributed by atoms with Gasteiger partial charge in [0.1, 0.15) is 5.82 Å².